The van der Waals surface area contributed by atoms with Crippen LogP contribution in [0.25, 0.3) is 0 Å². The molecular formula is C16H35N. The normalized spacial score (nSPS) is 14.8. The monoisotopic (exact) mass is 241 g/mol. The molecule has 0 aliphatic heterocycles. The topological polar surface area (TPSA) is 3.24 Å². The molecule has 1 nitrogen and oxygen atoms in total. The van der Waals surface area contributed by atoms with E-state index in [4.69, 9.17) is 0 Å². The van der Waals surface area contributed by atoms with Gasteiger partial charge >= 0.3 is 0 Å². The number of rotatable bonds is 5. The molecule has 0 radical (unpaired) electrons. The van der Waals surface area contributed by atoms with E-state index in [9.17, 15) is 0 Å². The lowest BCUT2D eigenvalue weighted by molar-refractivity contribution is 0.00738. The molecule has 0 heterocycles. The van der Waals surface area contributed by atoms with E-state index in [1.165, 1.54) is 12.8 Å². The van der Waals surface area contributed by atoms with E-state index in [-0.39, 0.29) is 11.1 Å². The highest BCUT2D eigenvalue weighted by Crippen LogP contribution is 2.36. The third-order valence-electron chi connectivity index (χ3n) is 3.69. The molecule has 0 aromatic heterocycles. The van der Waals surface area contributed by atoms with Crippen molar-refractivity contribution in [2.24, 2.45) is 11.3 Å². The van der Waals surface area contributed by atoms with E-state index < -0.39 is 0 Å². The smallest absolute Gasteiger partial charge is 0.0160 e. The van der Waals surface area contributed by atoms with Crippen molar-refractivity contribution in [1.82, 2.24) is 4.90 Å². The molecule has 104 valence electrons. The van der Waals surface area contributed by atoms with Crippen LogP contribution in [-0.2, 0) is 0 Å². The fourth-order valence-corrected chi connectivity index (χ4v) is 3.37. The SMILES string of the molecule is CC(C)CC(C)(C)N(C)C(C)(C)CC(C)(C)C. The minimum Gasteiger partial charge on any atom is -0.296 e. The Morgan fingerprint density at radius 1 is 0.824 bits per heavy atom. The van der Waals surface area contributed by atoms with Gasteiger partial charge in [0.1, 0.15) is 0 Å². The molecule has 0 atom stereocenters. The fourth-order valence-electron chi connectivity index (χ4n) is 3.37. The van der Waals surface area contributed by atoms with Crippen molar-refractivity contribution in [1.29, 1.82) is 0 Å². The second-order valence-corrected chi connectivity index (χ2v) is 8.52. The van der Waals surface area contributed by atoms with E-state index in [0.29, 0.717) is 5.41 Å². The first kappa shape index (κ1) is 17.0. The van der Waals surface area contributed by atoms with Gasteiger partial charge in [-0.25, -0.2) is 0 Å². The van der Waals surface area contributed by atoms with Gasteiger partial charge in [0, 0.05) is 11.1 Å². The number of hydrogen-bond donors (Lipinski definition) is 0. The molecule has 0 rings (SSSR count). The largest absolute Gasteiger partial charge is 0.296 e. The third-order valence-corrected chi connectivity index (χ3v) is 3.69. The van der Waals surface area contributed by atoms with Crippen LogP contribution >= 0.6 is 0 Å². The summed E-state index contributed by atoms with van der Waals surface area (Å²) in [4.78, 5) is 2.57. The van der Waals surface area contributed by atoms with Gasteiger partial charge in [-0.1, -0.05) is 34.6 Å². The van der Waals surface area contributed by atoms with Crippen molar-refractivity contribution < 1.29 is 0 Å². The quantitative estimate of drug-likeness (QED) is 0.658. The minimum absolute atomic E-state index is 0.247. The first-order valence-corrected chi connectivity index (χ1v) is 7.02. The van der Waals surface area contributed by atoms with E-state index in [1.54, 1.807) is 0 Å². The molecule has 17 heavy (non-hydrogen) atoms. The van der Waals surface area contributed by atoms with Gasteiger partial charge in [-0.05, 0) is 58.9 Å². The Hall–Kier alpha value is -0.0400. The van der Waals surface area contributed by atoms with Crippen molar-refractivity contribution >= 4 is 0 Å². The van der Waals surface area contributed by atoms with Gasteiger partial charge in [0.2, 0.25) is 0 Å². The molecule has 1 heteroatoms. The van der Waals surface area contributed by atoms with Crippen LogP contribution in [0.2, 0.25) is 0 Å². The summed E-state index contributed by atoms with van der Waals surface area (Å²) in [5.74, 6) is 0.748. The summed E-state index contributed by atoms with van der Waals surface area (Å²) in [6.45, 7) is 21.1. The highest BCUT2D eigenvalue weighted by molar-refractivity contribution is 4.92. The molecule has 0 aliphatic rings. The van der Waals surface area contributed by atoms with Crippen molar-refractivity contribution in [3.63, 3.8) is 0 Å². The van der Waals surface area contributed by atoms with Crippen molar-refractivity contribution in [3.05, 3.63) is 0 Å². The second kappa shape index (κ2) is 5.30. The predicted molar refractivity (Wildman–Crippen MR) is 79.4 cm³/mol. The molecule has 0 spiro atoms. The summed E-state index contributed by atoms with van der Waals surface area (Å²) in [7, 11) is 2.29. The lowest BCUT2D eigenvalue weighted by Crippen LogP contribution is -2.54. The Morgan fingerprint density at radius 3 is 1.53 bits per heavy atom. The zero-order valence-corrected chi connectivity index (χ0v) is 13.9. The molecule has 0 bridgehead atoms. The Labute approximate surface area is 110 Å². The Bertz CT molecular complexity index is 230. The number of nitrogens with zero attached hydrogens (tertiary/aromatic N) is 1. The lowest BCUT2D eigenvalue weighted by Gasteiger charge is -2.49. The van der Waals surface area contributed by atoms with Crippen LogP contribution < -0.4 is 0 Å². The summed E-state index contributed by atoms with van der Waals surface area (Å²) < 4.78 is 0. The molecule has 0 fully saturated rings. The zero-order chi connectivity index (χ0) is 14.1. The maximum absolute atomic E-state index is 2.57. The molecule has 0 amide bonds. The summed E-state index contributed by atoms with van der Waals surface area (Å²) in [5.41, 5.74) is 0.894. The Morgan fingerprint density at radius 2 is 1.24 bits per heavy atom. The maximum atomic E-state index is 2.57. The van der Waals surface area contributed by atoms with Gasteiger partial charge in [-0.3, -0.25) is 4.90 Å². The van der Waals surface area contributed by atoms with Crippen LogP contribution in [0, 0.1) is 11.3 Å². The molecule has 0 saturated heterocycles. The summed E-state index contributed by atoms with van der Waals surface area (Å²) in [6, 6.07) is 0. The summed E-state index contributed by atoms with van der Waals surface area (Å²) in [5, 5.41) is 0. The van der Waals surface area contributed by atoms with Crippen LogP contribution in [0.3, 0.4) is 0 Å². The molecule has 0 aromatic rings. The van der Waals surface area contributed by atoms with Crippen LogP contribution in [0.15, 0.2) is 0 Å². The van der Waals surface area contributed by atoms with Crippen molar-refractivity contribution in [2.45, 2.75) is 86.2 Å². The van der Waals surface area contributed by atoms with E-state index in [0.717, 1.165) is 5.92 Å². The van der Waals surface area contributed by atoms with E-state index in [2.05, 4.69) is 74.3 Å². The van der Waals surface area contributed by atoms with Gasteiger partial charge in [0.05, 0.1) is 0 Å². The Kier molecular flexibility index (Phi) is 5.29. The second-order valence-electron chi connectivity index (χ2n) is 8.52. The average Bonchev–Trinajstić information content (AvgIpc) is 1.95. The van der Waals surface area contributed by atoms with Crippen LogP contribution in [0.4, 0.5) is 0 Å². The first-order valence-electron chi connectivity index (χ1n) is 7.02. The third kappa shape index (κ3) is 5.90. The van der Waals surface area contributed by atoms with E-state index >= 15 is 0 Å². The van der Waals surface area contributed by atoms with Gasteiger partial charge in [-0.2, -0.15) is 0 Å². The van der Waals surface area contributed by atoms with Crippen LogP contribution in [0.1, 0.15) is 75.2 Å². The highest BCUT2D eigenvalue weighted by atomic mass is 15.2. The van der Waals surface area contributed by atoms with Gasteiger partial charge < -0.3 is 0 Å². The van der Waals surface area contributed by atoms with Crippen molar-refractivity contribution in [2.75, 3.05) is 7.05 Å². The average molecular weight is 241 g/mol. The van der Waals surface area contributed by atoms with Crippen LogP contribution in [-0.4, -0.2) is 23.0 Å². The standard InChI is InChI=1S/C16H35N/c1-13(2)11-15(6,7)17(10)16(8,9)12-14(3,4)5/h13H,11-12H2,1-10H3. The van der Waals surface area contributed by atoms with E-state index in [1.807, 2.05) is 0 Å². The maximum Gasteiger partial charge on any atom is 0.0160 e. The van der Waals surface area contributed by atoms with Crippen LogP contribution in [0.5, 0.6) is 0 Å². The lowest BCUT2D eigenvalue weighted by atomic mass is 9.78. The summed E-state index contributed by atoms with van der Waals surface area (Å²) in [6.07, 6.45) is 2.47. The molecular weight excluding hydrogens is 206 g/mol. The van der Waals surface area contributed by atoms with Gasteiger partial charge in [0.25, 0.3) is 0 Å². The fraction of sp³-hybridized carbons (Fsp3) is 1.00. The van der Waals surface area contributed by atoms with Gasteiger partial charge in [0.15, 0.2) is 0 Å². The first-order chi connectivity index (χ1) is 7.28. The molecule has 0 aromatic carbocycles. The Balaban J connectivity index is 4.82. The molecule has 0 aliphatic carbocycles. The molecule has 0 saturated carbocycles. The van der Waals surface area contributed by atoms with Crippen molar-refractivity contribution in [3.8, 4) is 0 Å². The predicted octanol–water partition coefficient (Wildman–Crippen LogP) is 4.96. The molecule has 0 N–H and O–H groups in total. The molecule has 0 unspecified atom stereocenters. The zero-order valence-electron chi connectivity index (χ0n) is 13.9. The summed E-state index contributed by atoms with van der Waals surface area (Å²) >= 11 is 0. The highest BCUT2D eigenvalue weighted by Gasteiger charge is 2.37. The number of hydrogen-bond acceptors (Lipinski definition) is 1. The van der Waals surface area contributed by atoms with Gasteiger partial charge in [-0.15, -0.1) is 0 Å². The minimum atomic E-state index is 0.247.